The monoisotopic (exact) mass is 715 g/mol. The van der Waals surface area contributed by atoms with Gasteiger partial charge in [0.2, 0.25) is 29.5 Å². The maximum absolute atomic E-state index is 13.5. The molecule has 268 valence electrons. The zero-order chi connectivity index (χ0) is 37.8. The summed E-state index contributed by atoms with van der Waals surface area (Å²) < 4.78 is 16.5. The van der Waals surface area contributed by atoms with E-state index in [9.17, 15) is 35.7 Å². The molecular weight excluding hydrogens is 686 g/mol. The number of nitrogens with zero attached hydrogens (tertiary/aromatic N) is 5. The SMILES string of the molecule is COc1c2cccc1C(O)=Nc1cccc(c1[O-])C(O)=Nc1cccc(c1OC)C(O)=Nc1cccc(c1OC)C(O)=Nc1cccc(c1[O-])C(O)=N2. The Balaban J connectivity index is 1.63. The average Bonchev–Trinajstić information content (AvgIpc) is 3.15. The molecule has 6 rings (SSSR count). The number of para-hydroxylation sites is 5. The summed E-state index contributed by atoms with van der Waals surface area (Å²) in [5, 5.41) is 82.5. The van der Waals surface area contributed by atoms with E-state index in [0.717, 1.165) is 0 Å². The molecule has 53 heavy (non-hydrogen) atoms. The highest BCUT2D eigenvalue weighted by Crippen LogP contribution is 2.39. The minimum absolute atomic E-state index is 0.00340. The number of ether oxygens (including phenoxy) is 3. The van der Waals surface area contributed by atoms with E-state index in [0.29, 0.717) is 0 Å². The number of benzene rings is 5. The van der Waals surface area contributed by atoms with Crippen LogP contribution < -0.4 is 24.4 Å². The van der Waals surface area contributed by atoms with Gasteiger partial charge in [-0.3, -0.25) is 0 Å². The minimum atomic E-state index is -0.795. The highest BCUT2D eigenvalue weighted by atomic mass is 16.5. The van der Waals surface area contributed by atoms with Crippen LogP contribution >= 0.6 is 0 Å². The molecule has 5 aromatic carbocycles. The number of hydrogen-bond acceptors (Lipinski definition) is 10. The maximum Gasteiger partial charge on any atom is 0.222 e. The van der Waals surface area contributed by atoms with Gasteiger partial charge in [-0.1, -0.05) is 54.0 Å². The highest BCUT2D eigenvalue weighted by molar-refractivity contribution is 6.05. The summed E-state index contributed by atoms with van der Waals surface area (Å²) in [6.07, 6.45) is 0. The summed E-state index contributed by atoms with van der Waals surface area (Å²) in [4.78, 5) is 20.8. The molecule has 0 saturated heterocycles. The Bertz CT molecular complexity index is 2400. The molecule has 0 saturated carbocycles. The number of aliphatic imine (C=N–C) groups is 5. The second-order valence-corrected chi connectivity index (χ2v) is 11.1. The summed E-state index contributed by atoms with van der Waals surface area (Å²) >= 11 is 0. The molecule has 1 aliphatic rings. The number of rotatable bonds is 3. The van der Waals surface area contributed by atoms with Crippen LogP contribution in [0.2, 0.25) is 0 Å². The molecule has 0 spiro atoms. The van der Waals surface area contributed by atoms with E-state index in [2.05, 4.69) is 25.0 Å². The fourth-order valence-electron chi connectivity index (χ4n) is 5.46. The molecule has 15 nitrogen and oxygen atoms in total. The molecule has 0 fully saturated rings. The third-order valence-electron chi connectivity index (χ3n) is 7.92. The lowest BCUT2D eigenvalue weighted by Gasteiger charge is -2.17. The summed E-state index contributed by atoms with van der Waals surface area (Å²) in [5.41, 5.74) is -1.05. The summed E-state index contributed by atoms with van der Waals surface area (Å²) in [5.74, 6) is -5.06. The fourth-order valence-corrected chi connectivity index (χ4v) is 5.46. The molecule has 1 heterocycles. The van der Waals surface area contributed by atoms with Crippen molar-refractivity contribution in [1.29, 1.82) is 0 Å². The summed E-state index contributed by atoms with van der Waals surface area (Å²) in [6, 6.07) is 21.3. The van der Waals surface area contributed by atoms with Crippen molar-refractivity contribution in [1.82, 2.24) is 0 Å². The number of aliphatic hydroxyl groups excluding tert-OH is 5. The van der Waals surface area contributed by atoms with E-state index < -0.39 is 41.0 Å². The van der Waals surface area contributed by atoms with Gasteiger partial charge in [-0.05, 0) is 48.5 Å². The van der Waals surface area contributed by atoms with Crippen LogP contribution in [0.4, 0.5) is 28.4 Å². The van der Waals surface area contributed by atoms with Gasteiger partial charge in [0.1, 0.15) is 17.1 Å². The normalized spacial score (nSPS) is 13.2. The lowest BCUT2D eigenvalue weighted by atomic mass is 10.1. The van der Waals surface area contributed by atoms with Crippen molar-refractivity contribution < 1.29 is 50.0 Å². The first-order valence-electron chi connectivity index (χ1n) is 15.6. The van der Waals surface area contributed by atoms with Gasteiger partial charge in [0, 0.05) is 11.1 Å². The van der Waals surface area contributed by atoms with Crippen LogP contribution in [0.5, 0.6) is 28.7 Å². The lowest BCUT2D eigenvalue weighted by Crippen LogP contribution is -2.08. The Hall–Kier alpha value is -7.55. The molecule has 0 radical (unpaired) electrons. The van der Waals surface area contributed by atoms with Crippen molar-refractivity contribution in [3.63, 3.8) is 0 Å². The van der Waals surface area contributed by atoms with E-state index in [-0.39, 0.29) is 73.5 Å². The Morgan fingerprint density at radius 2 is 0.585 bits per heavy atom. The Morgan fingerprint density at radius 1 is 0.358 bits per heavy atom. The fraction of sp³-hybridized carbons (Fsp3) is 0.0789. The molecule has 0 aliphatic carbocycles. The van der Waals surface area contributed by atoms with Gasteiger partial charge in [0.25, 0.3) is 0 Å². The van der Waals surface area contributed by atoms with Crippen molar-refractivity contribution in [2.24, 2.45) is 25.0 Å². The standard InChI is InChI=1S/C38H31N5O10/c1-51-31-21-11-6-16-26(31)41-34(46)19-9-4-15-25(29(19)44)40-37(49)22-12-7-18-28(32(22)52-2)43-38(50)23-13-8-17-27(33(23)53-3)42-35(47)20-10-5-14-24(30(20)45)39-36(21)48/h4-18,44-45H,1-3H3,(H,39,48)(H,40,49)(H,41,46)(H,42,47)(H,43,50)/p-2. The zero-order valence-corrected chi connectivity index (χ0v) is 28.2. The van der Waals surface area contributed by atoms with Crippen molar-refractivity contribution in [2.75, 3.05) is 21.3 Å². The molecule has 1 aliphatic heterocycles. The van der Waals surface area contributed by atoms with Gasteiger partial charge in [-0.25, -0.2) is 25.0 Å². The van der Waals surface area contributed by atoms with Gasteiger partial charge in [0.05, 0.1) is 49.4 Å². The first-order chi connectivity index (χ1) is 25.6. The lowest BCUT2D eigenvalue weighted by molar-refractivity contribution is -0.268. The molecular formula is C38H29N5O10-2. The minimum Gasteiger partial charge on any atom is -0.870 e. The van der Waals surface area contributed by atoms with Crippen molar-refractivity contribution in [3.8, 4) is 28.7 Å². The smallest absolute Gasteiger partial charge is 0.222 e. The van der Waals surface area contributed by atoms with Gasteiger partial charge >= 0.3 is 0 Å². The molecule has 5 aromatic rings. The van der Waals surface area contributed by atoms with Gasteiger partial charge in [0.15, 0.2) is 17.2 Å². The van der Waals surface area contributed by atoms with E-state index in [1.807, 2.05) is 0 Å². The highest BCUT2D eigenvalue weighted by Gasteiger charge is 2.20. The van der Waals surface area contributed by atoms with Crippen molar-refractivity contribution >= 4 is 57.9 Å². The van der Waals surface area contributed by atoms with E-state index in [4.69, 9.17) is 14.2 Å². The average molecular weight is 716 g/mol. The van der Waals surface area contributed by atoms with Crippen LogP contribution in [0.1, 0.15) is 27.8 Å². The summed E-state index contributed by atoms with van der Waals surface area (Å²) in [6.45, 7) is 0. The second-order valence-electron chi connectivity index (χ2n) is 11.1. The number of fused-ring (bicyclic) bond motifs is 10. The van der Waals surface area contributed by atoms with Crippen LogP contribution in [-0.2, 0) is 0 Å². The number of aliphatic hydroxyl groups is 5. The van der Waals surface area contributed by atoms with Gasteiger partial charge < -0.3 is 50.0 Å². The number of hydrogen-bond donors (Lipinski definition) is 5. The zero-order valence-electron chi connectivity index (χ0n) is 28.2. The maximum atomic E-state index is 13.5. The van der Waals surface area contributed by atoms with Crippen LogP contribution in [0.25, 0.3) is 0 Å². The third kappa shape index (κ3) is 6.81. The van der Waals surface area contributed by atoms with Crippen LogP contribution in [0.15, 0.2) is 116 Å². The van der Waals surface area contributed by atoms with Gasteiger partial charge in [-0.2, -0.15) is 0 Å². The van der Waals surface area contributed by atoms with E-state index in [1.165, 1.54) is 112 Å². The van der Waals surface area contributed by atoms with Gasteiger partial charge in [-0.15, -0.1) is 0 Å². The topological polar surface area (TPSA) is 237 Å². The second kappa shape index (κ2) is 14.7. The molecule has 0 aromatic heterocycles. The predicted molar refractivity (Wildman–Crippen MR) is 195 cm³/mol. The molecule has 10 bridgehead atoms. The molecule has 0 atom stereocenters. The largest absolute Gasteiger partial charge is 0.870 e. The quantitative estimate of drug-likeness (QED) is 0.139. The Morgan fingerprint density at radius 3 is 0.868 bits per heavy atom. The van der Waals surface area contributed by atoms with E-state index in [1.54, 1.807) is 0 Å². The predicted octanol–water partition coefficient (Wildman–Crippen LogP) is 6.35. The number of methoxy groups -OCH3 is 3. The van der Waals surface area contributed by atoms with Crippen LogP contribution in [-0.4, -0.2) is 76.4 Å². The van der Waals surface area contributed by atoms with Crippen molar-refractivity contribution in [3.05, 3.63) is 119 Å². The van der Waals surface area contributed by atoms with E-state index >= 15 is 0 Å². The molecule has 0 unspecified atom stereocenters. The Kier molecular flexibility index (Phi) is 9.81. The van der Waals surface area contributed by atoms with Crippen LogP contribution in [0.3, 0.4) is 0 Å². The molecule has 5 N–H and O–H groups in total. The van der Waals surface area contributed by atoms with Crippen LogP contribution in [0, 0.1) is 0 Å². The third-order valence-corrected chi connectivity index (χ3v) is 7.92. The summed E-state index contributed by atoms with van der Waals surface area (Å²) in [7, 11) is 3.89. The Labute approximate surface area is 301 Å². The first-order valence-corrected chi connectivity index (χ1v) is 15.6. The van der Waals surface area contributed by atoms with Crippen molar-refractivity contribution in [2.45, 2.75) is 0 Å². The molecule has 0 amide bonds. The molecule has 15 heteroatoms. The first kappa shape index (κ1) is 35.3.